The number of carbonyl (C=O) groups is 3. The molecule has 0 aliphatic heterocycles. The zero-order valence-electron chi connectivity index (χ0n) is 46.6. The first-order valence-corrected chi connectivity index (χ1v) is 29.0. The topological polar surface area (TPSA) is 78.9 Å². The van der Waals surface area contributed by atoms with Crippen LogP contribution in [0.5, 0.6) is 0 Å². The summed E-state index contributed by atoms with van der Waals surface area (Å²) < 4.78 is 16.8. The molecule has 0 amide bonds. The maximum atomic E-state index is 12.9. The molecule has 0 heterocycles. The quantitative estimate of drug-likeness (QED) is 0.0261. The van der Waals surface area contributed by atoms with Gasteiger partial charge in [0.25, 0.3) is 0 Å². The van der Waals surface area contributed by atoms with Crippen LogP contribution < -0.4 is 0 Å². The van der Waals surface area contributed by atoms with E-state index in [0.29, 0.717) is 12.8 Å². The van der Waals surface area contributed by atoms with Gasteiger partial charge in [-0.05, 0) is 141 Å². The number of hydrogen-bond acceptors (Lipinski definition) is 6. The Morgan fingerprint density at radius 3 is 0.904 bits per heavy atom. The predicted molar refractivity (Wildman–Crippen MR) is 315 cm³/mol. The lowest BCUT2D eigenvalue weighted by atomic mass is 10.1. The summed E-state index contributed by atoms with van der Waals surface area (Å²) in [5.41, 5.74) is 0. The molecule has 0 saturated heterocycles. The third-order valence-corrected chi connectivity index (χ3v) is 11.5. The van der Waals surface area contributed by atoms with Crippen molar-refractivity contribution >= 4 is 17.9 Å². The van der Waals surface area contributed by atoms with Gasteiger partial charge in [-0.2, -0.15) is 0 Å². The van der Waals surface area contributed by atoms with Crippen LogP contribution in [0.25, 0.3) is 0 Å². The number of carbonyl (C=O) groups excluding carboxylic acids is 3. The van der Waals surface area contributed by atoms with Gasteiger partial charge < -0.3 is 14.2 Å². The third kappa shape index (κ3) is 57.8. The highest BCUT2D eigenvalue weighted by Gasteiger charge is 2.19. The Hall–Kier alpha value is -4.97. The van der Waals surface area contributed by atoms with Crippen molar-refractivity contribution in [3.8, 4) is 0 Å². The van der Waals surface area contributed by atoms with Gasteiger partial charge in [-0.15, -0.1) is 0 Å². The summed E-state index contributed by atoms with van der Waals surface area (Å²) in [6, 6.07) is 0. The molecule has 6 heteroatoms. The number of allylic oxidation sites excluding steroid dienone is 26. The van der Waals surface area contributed by atoms with Gasteiger partial charge in [-0.1, -0.05) is 224 Å². The number of hydrogen-bond donors (Lipinski definition) is 0. The molecule has 6 nitrogen and oxygen atoms in total. The summed E-state index contributed by atoms with van der Waals surface area (Å²) in [5.74, 6) is -1.03. The van der Waals surface area contributed by atoms with Crippen LogP contribution in [-0.4, -0.2) is 37.2 Å². The fourth-order valence-corrected chi connectivity index (χ4v) is 7.22. The number of ether oxygens (including phenoxy) is 3. The van der Waals surface area contributed by atoms with E-state index in [4.69, 9.17) is 14.2 Å². The highest BCUT2D eigenvalue weighted by Crippen LogP contribution is 2.12. The van der Waals surface area contributed by atoms with Gasteiger partial charge in [0.05, 0.1) is 0 Å². The van der Waals surface area contributed by atoms with E-state index in [2.05, 4.69) is 179 Å². The molecule has 1 atom stereocenters. The van der Waals surface area contributed by atoms with Crippen molar-refractivity contribution in [1.29, 1.82) is 0 Å². The highest BCUT2D eigenvalue weighted by atomic mass is 16.6. The molecule has 0 aromatic rings. The van der Waals surface area contributed by atoms with Gasteiger partial charge in [0, 0.05) is 19.3 Å². The molecule has 0 radical (unpaired) electrons. The fourth-order valence-electron chi connectivity index (χ4n) is 7.22. The summed E-state index contributed by atoms with van der Waals surface area (Å²) in [6.07, 6.45) is 86.7. The second-order valence-electron chi connectivity index (χ2n) is 18.4. The summed E-state index contributed by atoms with van der Waals surface area (Å²) in [6.45, 7) is 6.28. The maximum Gasteiger partial charge on any atom is 0.306 e. The fraction of sp³-hybridized carbons (Fsp3) is 0.567. The van der Waals surface area contributed by atoms with E-state index in [1.165, 1.54) is 38.5 Å². The van der Waals surface area contributed by atoms with Gasteiger partial charge in [0.1, 0.15) is 13.2 Å². The summed E-state index contributed by atoms with van der Waals surface area (Å²) in [5, 5.41) is 0. The van der Waals surface area contributed by atoms with Gasteiger partial charge in [0.2, 0.25) is 0 Å². The monoisotopic (exact) mass is 1000 g/mol. The summed E-state index contributed by atoms with van der Waals surface area (Å²) >= 11 is 0. The van der Waals surface area contributed by atoms with Crippen molar-refractivity contribution in [2.45, 2.75) is 232 Å². The molecule has 73 heavy (non-hydrogen) atoms. The number of rotatable bonds is 50. The second-order valence-corrected chi connectivity index (χ2v) is 18.4. The van der Waals surface area contributed by atoms with Crippen LogP contribution in [-0.2, 0) is 28.6 Å². The largest absolute Gasteiger partial charge is 0.462 e. The summed E-state index contributed by atoms with van der Waals surface area (Å²) in [4.78, 5) is 38.1. The Bertz CT molecular complexity index is 1670. The Morgan fingerprint density at radius 1 is 0.288 bits per heavy atom. The molecule has 0 spiro atoms. The Labute approximate surface area is 448 Å². The molecular weight excluding hydrogens is 901 g/mol. The van der Waals surface area contributed by atoms with Gasteiger partial charge in [-0.3, -0.25) is 14.4 Å². The van der Waals surface area contributed by atoms with Crippen molar-refractivity contribution in [3.63, 3.8) is 0 Å². The van der Waals surface area contributed by atoms with Gasteiger partial charge in [-0.25, -0.2) is 0 Å². The van der Waals surface area contributed by atoms with E-state index in [0.717, 1.165) is 141 Å². The minimum absolute atomic E-state index is 0.124. The molecule has 408 valence electrons. The molecule has 0 aromatic carbocycles. The van der Waals surface area contributed by atoms with Crippen molar-refractivity contribution in [3.05, 3.63) is 158 Å². The van der Waals surface area contributed by atoms with Crippen LogP contribution in [0.1, 0.15) is 226 Å². The lowest BCUT2D eigenvalue weighted by Gasteiger charge is -2.18. The van der Waals surface area contributed by atoms with Gasteiger partial charge in [0.15, 0.2) is 6.10 Å². The third-order valence-electron chi connectivity index (χ3n) is 11.5. The van der Waals surface area contributed by atoms with E-state index >= 15 is 0 Å². The van der Waals surface area contributed by atoms with Crippen LogP contribution in [0.3, 0.4) is 0 Å². The molecule has 0 aliphatic carbocycles. The Morgan fingerprint density at radius 2 is 0.548 bits per heavy atom. The minimum atomic E-state index is -0.829. The van der Waals surface area contributed by atoms with Crippen molar-refractivity contribution in [1.82, 2.24) is 0 Å². The van der Waals surface area contributed by atoms with E-state index < -0.39 is 6.10 Å². The second kappa shape index (κ2) is 59.6. The highest BCUT2D eigenvalue weighted by molar-refractivity contribution is 5.71. The Kier molecular flexibility index (Phi) is 55.5. The molecule has 0 aliphatic rings. The van der Waals surface area contributed by atoms with Crippen molar-refractivity contribution in [2.75, 3.05) is 13.2 Å². The van der Waals surface area contributed by atoms with Gasteiger partial charge >= 0.3 is 17.9 Å². The molecule has 0 aromatic heterocycles. The normalized spacial score (nSPS) is 13.3. The lowest BCUT2D eigenvalue weighted by molar-refractivity contribution is -0.167. The van der Waals surface area contributed by atoms with E-state index in [-0.39, 0.29) is 44.0 Å². The van der Waals surface area contributed by atoms with Crippen LogP contribution in [0.4, 0.5) is 0 Å². The maximum absolute atomic E-state index is 12.9. The van der Waals surface area contributed by atoms with Crippen LogP contribution in [0.2, 0.25) is 0 Å². The summed E-state index contributed by atoms with van der Waals surface area (Å²) in [7, 11) is 0. The molecular formula is C67H104O6. The molecule has 0 fully saturated rings. The van der Waals surface area contributed by atoms with Crippen molar-refractivity contribution < 1.29 is 28.6 Å². The predicted octanol–water partition coefficient (Wildman–Crippen LogP) is 19.8. The molecule has 0 rings (SSSR count). The first-order valence-electron chi connectivity index (χ1n) is 29.0. The van der Waals surface area contributed by atoms with Crippen molar-refractivity contribution in [2.24, 2.45) is 0 Å². The zero-order valence-corrected chi connectivity index (χ0v) is 46.6. The van der Waals surface area contributed by atoms with E-state index in [1.54, 1.807) is 0 Å². The first-order chi connectivity index (χ1) is 36.0. The SMILES string of the molecule is CC/C=C\C/C=C\C/C=C\C/C=C\C/C=C\C/C=C\C/C=C\CCCC(=O)OCC(COC(=O)CCCCC/C=C\C/C=C\C/C=C\CC)OC(=O)CCCCCCCC/C=C\C/C=C\C/C=C\CCCCC. The average Bonchev–Trinajstić information content (AvgIpc) is 3.39. The Balaban J connectivity index is 4.55. The van der Waals surface area contributed by atoms with E-state index in [9.17, 15) is 14.4 Å². The number of unbranched alkanes of at least 4 members (excludes halogenated alkanes) is 13. The molecule has 0 bridgehead atoms. The lowest BCUT2D eigenvalue weighted by Crippen LogP contribution is -2.30. The van der Waals surface area contributed by atoms with Crippen LogP contribution >= 0.6 is 0 Å². The number of esters is 3. The van der Waals surface area contributed by atoms with Crippen LogP contribution in [0, 0.1) is 0 Å². The molecule has 0 N–H and O–H groups in total. The standard InChI is InChI=1S/C67H104O6/c1-4-7-10-13-16-19-22-25-27-29-31-32-33-34-36-37-39-42-45-48-51-54-57-60-66(69)72-63-64(62-71-65(68)59-56-53-50-47-44-41-24-21-18-15-12-9-6-3)73-67(70)61-58-55-52-49-46-43-40-38-35-30-28-26-23-20-17-14-11-8-5-2/h7,9-10,12,16-21,25-28,31-32,34-36,38-39,41-42,44,48,51,64H,4-6,8,11,13-15,22-24,29-30,33,37,40,43,45-47,49-50,52-63H2,1-3H3/b10-7-,12-9-,19-16-,20-17-,21-18-,27-25-,28-26-,32-31-,36-34-,38-35-,42-39-,44-41-,51-48-. The van der Waals surface area contributed by atoms with Crippen LogP contribution in [0.15, 0.2) is 158 Å². The first kappa shape index (κ1) is 68.0. The molecule has 1 unspecified atom stereocenters. The van der Waals surface area contributed by atoms with E-state index in [1.807, 2.05) is 0 Å². The zero-order chi connectivity index (χ0) is 52.9. The molecule has 0 saturated carbocycles. The average molecular weight is 1010 g/mol. The smallest absolute Gasteiger partial charge is 0.306 e. The minimum Gasteiger partial charge on any atom is -0.462 e.